The highest BCUT2D eigenvalue weighted by atomic mass is 16.5. The molecular formula is C11H9NO. The van der Waals surface area contributed by atoms with Crippen molar-refractivity contribution < 1.29 is 4.74 Å². The van der Waals surface area contributed by atoms with Crippen molar-refractivity contribution in [2.24, 2.45) is 0 Å². The lowest BCUT2D eigenvalue weighted by Crippen LogP contribution is -1.84. The van der Waals surface area contributed by atoms with E-state index in [9.17, 15) is 0 Å². The Labute approximate surface area is 76.5 Å². The molecule has 0 radical (unpaired) electrons. The fourth-order valence-electron chi connectivity index (χ4n) is 1.26. The normalized spacial score (nSPS) is 9.85. The van der Waals surface area contributed by atoms with Crippen molar-refractivity contribution >= 4 is 10.9 Å². The zero-order valence-electron chi connectivity index (χ0n) is 7.10. The maximum absolute atomic E-state index is 5.24. The maximum atomic E-state index is 5.24. The second kappa shape index (κ2) is 3.27. The summed E-state index contributed by atoms with van der Waals surface area (Å²) in [5, 5.41) is 1.00. The molecule has 0 N–H and O–H groups in total. The van der Waals surface area contributed by atoms with Gasteiger partial charge in [-0.05, 0) is 18.2 Å². The summed E-state index contributed by atoms with van der Waals surface area (Å²) in [6.07, 6.45) is 3.14. The van der Waals surface area contributed by atoms with Crippen LogP contribution in [0.15, 0.2) is 49.4 Å². The number of nitrogens with zero attached hydrogens (tertiary/aromatic N) is 1. The molecule has 2 heteroatoms. The highest BCUT2D eigenvalue weighted by Gasteiger charge is 1.99. The topological polar surface area (TPSA) is 22.1 Å². The van der Waals surface area contributed by atoms with Gasteiger partial charge in [-0.15, -0.1) is 0 Å². The van der Waals surface area contributed by atoms with Gasteiger partial charge in [0.2, 0.25) is 0 Å². The molecule has 0 spiro atoms. The van der Waals surface area contributed by atoms with Gasteiger partial charge in [0, 0.05) is 11.6 Å². The standard InChI is InChI=1S/C11H9NO/c1-2-13-11-7-8-12-10-6-4-3-5-9(10)11/h2-8H,1H2. The molecule has 0 saturated heterocycles. The molecule has 0 aliphatic heterocycles. The number of para-hydroxylation sites is 1. The molecule has 2 nitrogen and oxygen atoms in total. The van der Waals surface area contributed by atoms with E-state index in [4.69, 9.17) is 4.74 Å². The SMILES string of the molecule is C=COc1ccnc2ccccc12. The Morgan fingerprint density at radius 3 is 2.92 bits per heavy atom. The Kier molecular flexibility index (Phi) is 1.96. The van der Waals surface area contributed by atoms with Crippen LogP contribution in [0.4, 0.5) is 0 Å². The van der Waals surface area contributed by atoms with E-state index in [2.05, 4.69) is 11.6 Å². The molecule has 0 atom stereocenters. The number of rotatable bonds is 2. The fourth-order valence-corrected chi connectivity index (χ4v) is 1.26. The van der Waals surface area contributed by atoms with Crippen molar-refractivity contribution in [1.82, 2.24) is 4.98 Å². The number of hydrogen-bond acceptors (Lipinski definition) is 2. The van der Waals surface area contributed by atoms with Crippen LogP contribution in [0.2, 0.25) is 0 Å². The predicted molar refractivity (Wildman–Crippen MR) is 52.6 cm³/mol. The second-order valence-electron chi connectivity index (χ2n) is 2.61. The second-order valence-corrected chi connectivity index (χ2v) is 2.61. The Bertz CT molecular complexity index is 432. The van der Waals surface area contributed by atoms with Crippen LogP contribution in [0, 0.1) is 0 Å². The van der Waals surface area contributed by atoms with Crippen LogP contribution in [-0.4, -0.2) is 4.98 Å². The summed E-state index contributed by atoms with van der Waals surface area (Å²) in [7, 11) is 0. The molecule has 0 aliphatic carbocycles. The summed E-state index contributed by atoms with van der Waals surface area (Å²) in [6.45, 7) is 3.52. The van der Waals surface area contributed by atoms with E-state index in [1.54, 1.807) is 6.20 Å². The molecule has 13 heavy (non-hydrogen) atoms. The van der Waals surface area contributed by atoms with Crippen molar-refractivity contribution in [2.45, 2.75) is 0 Å². The summed E-state index contributed by atoms with van der Waals surface area (Å²) >= 11 is 0. The molecule has 1 aromatic carbocycles. The van der Waals surface area contributed by atoms with Crippen LogP contribution in [0.5, 0.6) is 5.75 Å². The first-order valence-electron chi connectivity index (χ1n) is 4.03. The van der Waals surface area contributed by atoms with Crippen LogP contribution in [0.25, 0.3) is 10.9 Å². The molecule has 64 valence electrons. The number of benzene rings is 1. The predicted octanol–water partition coefficient (Wildman–Crippen LogP) is 2.76. The number of aromatic nitrogens is 1. The van der Waals surface area contributed by atoms with E-state index in [1.807, 2.05) is 30.3 Å². The quantitative estimate of drug-likeness (QED) is 0.648. The Morgan fingerprint density at radius 2 is 2.08 bits per heavy atom. The van der Waals surface area contributed by atoms with Crippen molar-refractivity contribution in [3.8, 4) is 5.75 Å². The first kappa shape index (κ1) is 7.80. The van der Waals surface area contributed by atoms with Gasteiger partial charge in [-0.3, -0.25) is 4.98 Å². The highest BCUT2D eigenvalue weighted by molar-refractivity contribution is 5.84. The largest absolute Gasteiger partial charge is 0.465 e. The number of hydrogen-bond donors (Lipinski definition) is 0. The molecule has 0 bridgehead atoms. The molecule has 0 aliphatic rings. The zero-order chi connectivity index (χ0) is 9.10. The average Bonchev–Trinajstić information content (AvgIpc) is 2.19. The summed E-state index contributed by atoms with van der Waals surface area (Å²) in [6, 6.07) is 9.66. The van der Waals surface area contributed by atoms with Crippen LogP contribution in [0.3, 0.4) is 0 Å². The Balaban J connectivity index is 2.68. The van der Waals surface area contributed by atoms with Crippen LogP contribution in [-0.2, 0) is 0 Å². The lowest BCUT2D eigenvalue weighted by Gasteiger charge is -2.02. The lowest BCUT2D eigenvalue weighted by atomic mass is 10.2. The third-order valence-corrected chi connectivity index (χ3v) is 1.82. The van der Waals surface area contributed by atoms with Gasteiger partial charge in [-0.1, -0.05) is 18.7 Å². The molecule has 2 rings (SSSR count). The molecule has 0 unspecified atom stereocenters. The van der Waals surface area contributed by atoms with Crippen LogP contribution in [0.1, 0.15) is 0 Å². The monoisotopic (exact) mass is 171 g/mol. The van der Waals surface area contributed by atoms with E-state index in [0.29, 0.717) is 0 Å². The summed E-state index contributed by atoms with van der Waals surface area (Å²) in [4.78, 5) is 4.21. The van der Waals surface area contributed by atoms with Crippen molar-refractivity contribution in [3.63, 3.8) is 0 Å². The molecular weight excluding hydrogens is 162 g/mol. The van der Waals surface area contributed by atoms with Gasteiger partial charge in [0.15, 0.2) is 0 Å². The van der Waals surface area contributed by atoms with Gasteiger partial charge < -0.3 is 4.74 Å². The first-order chi connectivity index (χ1) is 6.42. The summed E-state index contributed by atoms with van der Waals surface area (Å²) in [5.74, 6) is 0.792. The molecule has 2 aromatic rings. The zero-order valence-corrected chi connectivity index (χ0v) is 7.10. The minimum Gasteiger partial charge on any atom is -0.465 e. The molecule has 0 fully saturated rings. The number of fused-ring (bicyclic) bond motifs is 1. The number of pyridine rings is 1. The molecule has 1 heterocycles. The van der Waals surface area contributed by atoms with E-state index < -0.39 is 0 Å². The lowest BCUT2D eigenvalue weighted by molar-refractivity contribution is 0.489. The smallest absolute Gasteiger partial charge is 0.137 e. The van der Waals surface area contributed by atoms with Crippen molar-refractivity contribution in [2.75, 3.05) is 0 Å². The van der Waals surface area contributed by atoms with Gasteiger partial charge in [-0.25, -0.2) is 0 Å². The van der Waals surface area contributed by atoms with E-state index >= 15 is 0 Å². The van der Waals surface area contributed by atoms with Crippen LogP contribution < -0.4 is 4.74 Å². The van der Waals surface area contributed by atoms with Gasteiger partial charge in [0.05, 0.1) is 11.8 Å². The van der Waals surface area contributed by atoms with Gasteiger partial charge in [-0.2, -0.15) is 0 Å². The maximum Gasteiger partial charge on any atom is 0.137 e. The summed E-state index contributed by atoms with van der Waals surface area (Å²) < 4.78 is 5.24. The minimum absolute atomic E-state index is 0.792. The van der Waals surface area contributed by atoms with Crippen LogP contribution >= 0.6 is 0 Å². The van der Waals surface area contributed by atoms with Gasteiger partial charge >= 0.3 is 0 Å². The van der Waals surface area contributed by atoms with Crippen molar-refractivity contribution in [1.29, 1.82) is 0 Å². The minimum atomic E-state index is 0.792. The number of ether oxygens (including phenoxy) is 1. The van der Waals surface area contributed by atoms with Crippen molar-refractivity contribution in [3.05, 3.63) is 49.4 Å². The Hall–Kier alpha value is -1.83. The fraction of sp³-hybridized carbons (Fsp3) is 0. The third kappa shape index (κ3) is 1.38. The third-order valence-electron chi connectivity index (χ3n) is 1.82. The van der Waals surface area contributed by atoms with E-state index in [1.165, 1.54) is 6.26 Å². The molecule has 0 amide bonds. The molecule has 0 saturated carbocycles. The summed E-state index contributed by atoms with van der Waals surface area (Å²) in [5.41, 5.74) is 0.932. The van der Waals surface area contributed by atoms with E-state index in [0.717, 1.165) is 16.7 Å². The molecule has 1 aromatic heterocycles. The van der Waals surface area contributed by atoms with Gasteiger partial charge in [0.1, 0.15) is 5.75 Å². The highest BCUT2D eigenvalue weighted by Crippen LogP contribution is 2.22. The first-order valence-corrected chi connectivity index (χ1v) is 4.03. The Morgan fingerprint density at radius 1 is 1.23 bits per heavy atom. The average molecular weight is 171 g/mol. The van der Waals surface area contributed by atoms with E-state index in [-0.39, 0.29) is 0 Å². The van der Waals surface area contributed by atoms with Gasteiger partial charge in [0.25, 0.3) is 0 Å².